The van der Waals surface area contributed by atoms with Crippen molar-refractivity contribution in [3.05, 3.63) is 22.4 Å². The van der Waals surface area contributed by atoms with Gasteiger partial charge in [-0.15, -0.1) is 11.3 Å². The SMILES string of the molecule is O=C(NCC1CC1)[C@@H]1CCO[C@@H]2CCN(Cc3cccs3)C[C@H]21.O=C(O)C(F)(F)F. The molecule has 1 amide bonds. The number of likely N-dealkylation sites (tertiary alicyclic amines) is 1. The van der Waals surface area contributed by atoms with Crippen molar-refractivity contribution in [1.29, 1.82) is 0 Å². The predicted octanol–water partition coefficient (Wildman–Crippen LogP) is 3.13. The zero-order valence-electron chi connectivity index (χ0n) is 16.6. The molecule has 1 aromatic rings. The van der Waals surface area contributed by atoms with Crippen LogP contribution in [0.2, 0.25) is 0 Å². The number of carboxylic acid groups (broad SMARTS) is 1. The number of carbonyl (C=O) groups is 2. The number of amides is 1. The summed E-state index contributed by atoms with van der Waals surface area (Å²) in [6.45, 7) is 4.71. The Labute approximate surface area is 177 Å². The highest BCUT2D eigenvalue weighted by molar-refractivity contribution is 7.09. The Balaban J connectivity index is 0.000000318. The maximum atomic E-state index is 12.6. The van der Waals surface area contributed by atoms with Crippen molar-refractivity contribution in [2.75, 3.05) is 26.2 Å². The van der Waals surface area contributed by atoms with Gasteiger partial charge in [0.05, 0.1) is 6.10 Å². The van der Waals surface area contributed by atoms with Gasteiger partial charge in [0.25, 0.3) is 0 Å². The van der Waals surface area contributed by atoms with Crippen molar-refractivity contribution in [1.82, 2.24) is 10.2 Å². The van der Waals surface area contributed by atoms with E-state index in [1.807, 2.05) is 11.3 Å². The summed E-state index contributed by atoms with van der Waals surface area (Å²) in [5.74, 6) is -1.24. The third-order valence-corrected chi connectivity index (χ3v) is 6.62. The molecule has 30 heavy (non-hydrogen) atoms. The zero-order valence-corrected chi connectivity index (χ0v) is 17.4. The number of nitrogens with zero attached hydrogens (tertiary/aromatic N) is 1. The van der Waals surface area contributed by atoms with Gasteiger partial charge in [0.15, 0.2) is 0 Å². The highest BCUT2D eigenvalue weighted by Gasteiger charge is 2.42. The molecule has 0 aromatic carbocycles. The molecule has 0 unspecified atom stereocenters. The van der Waals surface area contributed by atoms with Crippen molar-refractivity contribution < 1.29 is 32.6 Å². The van der Waals surface area contributed by atoms with Crippen LogP contribution in [0.4, 0.5) is 13.2 Å². The minimum absolute atomic E-state index is 0.138. The number of rotatable bonds is 5. The molecule has 168 valence electrons. The van der Waals surface area contributed by atoms with Gasteiger partial charge in [-0.3, -0.25) is 9.69 Å². The minimum atomic E-state index is -5.08. The number of halogens is 3. The summed E-state index contributed by atoms with van der Waals surface area (Å²) in [6.07, 6.45) is -0.295. The molecule has 2 aliphatic heterocycles. The van der Waals surface area contributed by atoms with Crippen LogP contribution < -0.4 is 5.32 Å². The van der Waals surface area contributed by atoms with E-state index in [2.05, 4.69) is 27.7 Å². The first-order chi connectivity index (χ1) is 14.2. The molecule has 4 rings (SSSR count). The van der Waals surface area contributed by atoms with E-state index < -0.39 is 12.1 Å². The quantitative estimate of drug-likeness (QED) is 0.724. The number of nitrogens with one attached hydrogen (secondary N) is 1. The van der Waals surface area contributed by atoms with E-state index in [1.165, 1.54) is 17.7 Å². The highest BCUT2D eigenvalue weighted by atomic mass is 32.1. The molecule has 1 saturated carbocycles. The molecule has 0 radical (unpaired) electrons. The number of piperidine rings is 1. The van der Waals surface area contributed by atoms with Crippen LogP contribution in [0.25, 0.3) is 0 Å². The second-order valence-electron chi connectivity index (χ2n) is 8.06. The number of alkyl halides is 3. The number of fused-ring (bicyclic) bond motifs is 1. The van der Waals surface area contributed by atoms with E-state index in [1.54, 1.807) is 0 Å². The van der Waals surface area contributed by atoms with Crippen LogP contribution in [0, 0.1) is 17.8 Å². The van der Waals surface area contributed by atoms with Crippen LogP contribution >= 0.6 is 11.3 Å². The largest absolute Gasteiger partial charge is 0.490 e. The Bertz CT molecular complexity index is 709. The van der Waals surface area contributed by atoms with E-state index >= 15 is 0 Å². The van der Waals surface area contributed by atoms with Gasteiger partial charge in [-0.2, -0.15) is 13.2 Å². The first kappa shape index (κ1) is 23.0. The minimum Gasteiger partial charge on any atom is -0.475 e. The van der Waals surface area contributed by atoms with Gasteiger partial charge in [0.2, 0.25) is 5.91 Å². The maximum Gasteiger partial charge on any atom is 0.490 e. The monoisotopic (exact) mass is 448 g/mol. The van der Waals surface area contributed by atoms with E-state index in [0.717, 1.165) is 51.5 Å². The summed E-state index contributed by atoms with van der Waals surface area (Å²) in [4.78, 5) is 25.4. The summed E-state index contributed by atoms with van der Waals surface area (Å²) in [7, 11) is 0. The second kappa shape index (κ2) is 10.1. The van der Waals surface area contributed by atoms with Crippen LogP contribution in [-0.2, 0) is 20.9 Å². The van der Waals surface area contributed by atoms with E-state index in [-0.39, 0.29) is 17.9 Å². The third-order valence-electron chi connectivity index (χ3n) is 5.75. The average molecular weight is 449 g/mol. The number of carbonyl (C=O) groups excluding carboxylic acids is 1. The lowest BCUT2D eigenvalue weighted by atomic mass is 9.79. The van der Waals surface area contributed by atoms with Gasteiger partial charge in [-0.05, 0) is 43.0 Å². The molecule has 1 aliphatic carbocycles. The third kappa shape index (κ3) is 6.68. The predicted molar refractivity (Wildman–Crippen MR) is 105 cm³/mol. The first-order valence-corrected chi connectivity index (χ1v) is 11.1. The molecule has 3 heterocycles. The fourth-order valence-electron chi connectivity index (χ4n) is 3.97. The standard InChI is InChI=1S/C18H26N2O2S.C2HF3O2/c21-18(19-10-13-3-4-13)15-6-8-22-17-5-7-20(12-16(15)17)11-14-2-1-9-23-14;3-2(4,5)1(6)7/h1-2,9,13,15-17H,3-8,10-12H2,(H,19,21);(H,6,7)/t15-,16+,17-;/m1./s1. The summed E-state index contributed by atoms with van der Waals surface area (Å²) >= 11 is 1.82. The van der Waals surface area contributed by atoms with E-state index in [9.17, 15) is 18.0 Å². The summed E-state index contributed by atoms with van der Waals surface area (Å²) in [5, 5.41) is 12.5. The maximum absolute atomic E-state index is 12.6. The zero-order chi connectivity index (χ0) is 21.7. The Kier molecular flexibility index (Phi) is 7.75. The van der Waals surface area contributed by atoms with Crippen LogP contribution in [0.3, 0.4) is 0 Å². The lowest BCUT2D eigenvalue weighted by molar-refractivity contribution is -0.192. The van der Waals surface area contributed by atoms with Crippen molar-refractivity contribution in [2.45, 2.75) is 44.5 Å². The molecule has 0 spiro atoms. The second-order valence-corrected chi connectivity index (χ2v) is 9.10. The molecule has 6 nitrogen and oxygen atoms in total. The number of aliphatic carboxylic acids is 1. The van der Waals surface area contributed by atoms with Gasteiger partial charge in [0.1, 0.15) is 0 Å². The molecule has 1 aromatic heterocycles. The number of hydrogen-bond donors (Lipinski definition) is 2. The van der Waals surface area contributed by atoms with Gasteiger partial charge in [-0.25, -0.2) is 4.79 Å². The molecule has 2 N–H and O–H groups in total. The fraction of sp³-hybridized carbons (Fsp3) is 0.700. The van der Waals surface area contributed by atoms with Crippen molar-refractivity contribution >= 4 is 23.2 Å². The molecule has 0 bridgehead atoms. The smallest absolute Gasteiger partial charge is 0.475 e. The number of ether oxygens (including phenoxy) is 1. The Morgan fingerprint density at radius 1 is 1.27 bits per heavy atom. The molecular weight excluding hydrogens is 421 g/mol. The normalized spacial score (nSPS) is 26.8. The lowest BCUT2D eigenvalue weighted by Gasteiger charge is -2.44. The average Bonchev–Trinajstić information content (AvgIpc) is 3.40. The lowest BCUT2D eigenvalue weighted by Crippen LogP contribution is -2.53. The summed E-state index contributed by atoms with van der Waals surface area (Å²) in [5.41, 5.74) is 0. The highest BCUT2D eigenvalue weighted by Crippen LogP contribution is 2.34. The van der Waals surface area contributed by atoms with Crippen molar-refractivity contribution in [2.24, 2.45) is 17.8 Å². The topological polar surface area (TPSA) is 78.9 Å². The Morgan fingerprint density at radius 3 is 2.60 bits per heavy atom. The van der Waals surface area contributed by atoms with Gasteiger partial charge in [0, 0.05) is 49.5 Å². The summed E-state index contributed by atoms with van der Waals surface area (Å²) in [6, 6.07) is 4.32. The fourth-order valence-corrected chi connectivity index (χ4v) is 4.72. The van der Waals surface area contributed by atoms with E-state index in [0.29, 0.717) is 5.92 Å². The van der Waals surface area contributed by atoms with Crippen LogP contribution in [0.15, 0.2) is 17.5 Å². The first-order valence-electron chi connectivity index (χ1n) is 10.2. The molecule has 3 fully saturated rings. The molecule has 2 saturated heterocycles. The van der Waals surface area contributed by atoms with Crippen molar-refractivity contribution in [3.8, 4) is 0 Å². The van der Waals surface area contributed by atoms with E-state index in [4.69, 9.17) is 14.6 Å². The molecule has 10 heteroatoms. The van der Waals surface area contributed by atoms with Crippen LogP contribution in [-0.4, -0.2) is 60.4 Å². The van der Waals surface area contributed by atoms with Crippen molar-refractivity contribution in [3.63, 3.8) is 0 Å². The van der Waals surface area contributed by atoms with Crippen LogP contribution in [0.5, 0.6) is 0 Å². The van der Waals surface area contributed by atoms with Gasteiger partial charge in [-0.1, -0.05) is 6.07 Å². The number of carboxylic acids is 1. The van der Waals surface area contributed by atoms with Gasteiger partial charge >= 0.3 is 12.1 Å². The molecule has 3 atom stereocenters. The number of thiophene rings is 1. The van der Waals surface area contributed by atoms with Crippen LogP contribution in [0.1, 0.15) is 30.6 Å². The molecule has 3 aliphatic rings. The number of hydrogen-bond acceptors (Lipinski definition) is 5. The Morgan fingerprint density at radius 2 is 2.00 bits per heavy atom. The molecular formula is C20H27F3N2O4S. The summed E-state index contributed by atoms with van der Waals surface area (Å²) < 4.78 is 37.7. The van der Waals surface area contributed by atoms with Gasteiger partial charge < -0.3 is 15.2 Å². The Hall–Kier alpha value is -1.65.